The van der Waals surface area contributed by atoms with Crippen LogP contribution in [0.1, 0.15) is 21.5 Å². The molecule has 3 aromatic heterocycles. The Bertz CT molecular complexity index is 884. The molecule has 3 rings (SSSR count). The average molecular weight is 442 g/mol. The molecule has 24 heavy (non-hydrogen) atoms. The van der Waals surface area contributed by atoms with E-state index in [1.54, 1.807) is 11.3 Å². The highest BCUT2D eigenvalue weighted by molar-refractivity contribution is 9.10. The van der Waals surface area contributed by atoms with Gasteiger partial charge in [-0.2, -0.15) is 0 Å². The summed E-state index contributed by atoms with van der Waals surface area (Å²) in [6, 6.07) is 5.78. The second-order valence-electron chi connectivity index (χ2n) is 4.77. The number of anilines is 1. The molecule has 3 heterocycles. The molecule has 124 valence electrons. The quantitative estimate of drug-likeness (QED) is 0.608. The fourth-order valence-electron chi connectivity index (χ4n) is 1.88. The first-order valence-electron chi connectivity index (χ1n) is 6.86. The van der Waals surface area contributed by atoms with Gasteiger partial charge in [-0.1, -0.05) is 0 Å². The van der Waals surface area contributed by atoms with Crippen molar-refractivity contribution < 1.29 is 9.59 Å². The topological polar surface area (TPSA) is 71.1 Å². The molecule has 0 spiro atoms. The maximum atomic E-state index is 12.2. The van der Waals surface area contributed by atoms with Crippen LogP contribution in [0, 0.1) is 0 Å². The highest BCUT2D eigenvalue weighted by atomic mass is 79.9. The minimum absolute atomic E-state index is 0.0525. The number of thiazole rings is 1. The summed E-state index contributed by atoms with van der Waals surface area (Å²) in [4.78, 5) is 30.3. The number of aromatic nitrogens is 1. The van der Waals surface area contributed by atoms with Gasteiger partial charge in [0.1, 0.15) is 4.88 Å². The van der Waals surface area contributed by atoms with E-state index >= 15 is 0 Å². The maximum Gasteiger partial charge on any atom is 0.268 e. The van der Waals surface area contributed by atoms with Gasteiger partial charge in [0.15, 0.2) is 5.13 Å². The SMILES string of the molecule is CC(=O)NCc1ccc(-c2csc(NC(=O)c3sccc3Br)n2)s1. The van der Waals surface area contributed by atoms with Crippen LogP contribution in [0.2, 0.25) is 0 Å². The van der Waals surface area contributed by atoms with Gasteiger partial charge >= 0.3 is 0 Å². The standard InChI is InChI=1S/C15H12BrN3O2S3/c1-8(20)17-6-9-2-3-12(24-9)11-7-23-15(18-11)19-14(21)13-10(16)4-5-22-13/h2-5,7H,6H2,1H3,(H,17,20)(H,18,19,21). The van der Waals surface area contributed by atoms with Crippen molar-refractivity contribution in [1.82, 2.24) is 10.3 Å². The van der Waals surface area contributed by atoms with Crippen LogP contribution in [0.15, 0.2) is 33.4 Å². The Hall–Kier alpha value is -1.55. The number of halogens is 1. The predicted octanol–water partition coefficient (Wildman–Crippen LogP) is 4.58. The summed E-state index contributed by atoms with van der Waals surface area (Å²) in [7, 11) is 0. The molecule has 0 aliphatic rings. The van der Waals surface area contributed by atoms with E-state index in [1.165, 1.54) is 29.6 Å². The number of nitrogens with one attached hydrogen (secondary N) is 2. The fraction of sp³-hybridized carbons (Fsp3) is 0.133. The highest BCUT2D eigenvalue weighted by Crippen LogP contribution is 2.31. The van der Waals surface area contributed by atoms with E-state index < -0.39 is 0 Å². The van der Waals surface area contributed by atoms with E-state index in [1.807, 2.05) is 29.0 Å². The Morgan fingerprint density at radius 2 is 2.08 bits per heavy atom. The number of rotatable bonds is 5. The van der Waals surface area contributed by atoms with Gasteiger partial charge in [-0.3, -0.25) is 14.9 Å². The summed E-state index contributed by atoms with van der Waals surface area (Å²) < 4.78 is 0.780. The van der Waals surface area contributed by atoms with Crippen molar-refractivity contribution >= 4 is 66.9 Å². The summed E-state index contributed by atoms with van der Waals surface area (Å²) in [6.45, 7) is 2.01. The number of nitrogens with zero attached hydrogens (tertiary/aromatic N) is 1. The van der Waals surface area contributed by atoms with Crippen LogP contribution >= 0.6 is 49.9 Å². The highest BCUT2D eigenvalue weighted by Gasteiger charge is 2.14. The molecule has 0 atom stereocenters. The third-order valence-corrected chi connectivity index (χ3v) is 6.68. The average Bonchev–Trinajstić information content (AvgIpc) is 3.24. The van der Waals surface area contributed by atoms with Gasteiger partial charge < -0.3 is 5.32 Å². The van der Waals surface area contributed by atoms with Crippen molar-refractivity contribution in [2.45, 2.75) is 13.5 Å². The molecule has 0 aliphatic heterocycles. The third-order valence-electron chi connectivity index (χ3n) is 2.97. The van der Waals surface area contributed by atoms with Gasteiger partial charge in [0.2, 0.25) is 5.91 Å². The summed E-state index contributed by atoms with van der Waals surface area (Å²) in [5, 5.41) is 9.92. The number of carbonyl (C=O) groups excluding carboxylic acids is 2. The van der Waals surface area contributed by atoms with Crippen LogP contribution in [-0.4, -0.2) is 16.8 Å². The molecule has 0 fully saturated rings. The van der Waals surface area contributed by atoms with E-state index in [4.69, 9.17) is 0 Å². The summed E-state index contributed by atoms with van der Waals surface area (Å²) in [6.07, 6.45) is 0. The van der Waals surface area contributed by atoms with Crippen LogP contribution in [-0.2, 0) is 11.3 Å². The van der Waals surface area contributed by atoms with Crippen molar-refractivity contribution in [2.24, 2.45) is 0 Å². The second kappa shape index (κ2) is 7.56. The zero-order valence-electron chi connectivity index (χ0n) is 12.5. The van der Waals surface area contributed by atoms with E-state index in [-0.39, 0.29) is 11.8 Å². The van der Waals surface area contributed by atoms with E-state index in [9.17, 15) is 9.59 Å². The molecule has 0 unspecified atom stereocenters. The van der Waals surface area contributed by atoms with Gasteiger partial charge in [0.05, 0.1) is 17.1 Å². The zero-order valence-corrected chi connectivity index (χ0v) is 16.5. The lowest BCUT2D eigenvalue weighted by Crippen LogP contribution is -2.17. The monoisotopic (exact) mass is 441 g/mol. The van der Waals surface area contributed by atoms with Crippen molar-refractivity contribution in [3.8, 4) is 10.6 Å². The Balaban J connectivity index is 1.68. The van der Waals surface area contributed by atoms with Crippen LogP contribution < -0.4 is 10.6 Å². The number of hydrogen-bond donors (Lipinski definition) is 2. The first-order valence-corrected chi connectivity index (χ1v) is 10.2. The van der Waals surface area contributed by atoms with Crippen LogP contribution in [0.3, 0.4) is 0 Å². The first-order chi connectivity index (χ1) is 11.5. The van der Waals surface area contributed by atoms with Gasteiger partial charge in [-0.15, -0.1) is 34.0 Å². The van der Waals surface area contributed by atoms with E-state index in [0.717, 1.165) is 19.9 Å². The van der Waals surface area contributed by atoms with E-state index in [0.29, 0.717) is 16.6 Å². The smallest absolute Gasteiger partial charge is 0.268 e. The lowest BCUT2D eigenvalue weighted by Gasteiger charge is -1.99. The van der Waals surface area contributed by atoms with Gasteiger partial charge in [-0.25, -0.2) is 4.98 Å². The van der Waals surface area contributed by atoms with Crippen molar-refractivity contribution in [1.29, 1.82) is 0 Å². The normalized spacial score (nSPS) is 10.6. The number of hydrogen-bond acceptors (Lipinski definition) is 6. The molecule has 2 amide bonds. The fourth-order valence-corrected chi connectivity index (χ4v) is 5.01. The molecule has 2 N–H and O–H groups in total. The molecule has 9 heteroatoms. The molecule has 0 bridgehead atoms. The molecule has 0 saturated carbocycles. The predicted molar refractivity (Wildman–Crippen MR) is 103 cm³/mol. The second-order valence-corrected chi connectivity index (χ2v) is 8.56. The summed E-state index contributed by atoms with van der Waals surface area (Å²) in [5.74, 6) is -0.223. The zero-order chi connectivity index (χ0) is 17.1. The summed E-state index contributed by atoms with van der Waals surface area (Å²) >= 11 is 7.69. The Morgan fingerprint density at radius 3 is 2.79 bits per heavy atom. The number of carbonyl (C=O) groups is 2. The number of thiophene rings is 2. The lowest BCUT2D eigenvalue weighted by molar-refractivity contribution is -0.119. The molecule has 0 radical (unpaired) electrons. The minimum Gasteiger partial charge on any atom is -0.351 e. The van der Waals surface area contributed by atoms with E-state index in [2.05, 4.69) is 31.5 Å². The molecule has 3 aromatic rings. The molecule has 0 aliphatic carbocycles. The minimum atomic E-state index is -0.171. The molecule has 0 saturated heterocycles. The van der Waals surface area contributed by atoms with Gasteiger partial charge in [0, 0.05) is 21.7 Å². The number of amides is 2. The molecular weight excluding hydrogens is 430 g/mol. The Kier molecular flexibility index (Phi) is 5.44. The molecule has 5 nitrogen and oxygen atoms in total. The molecular formula is C15H12BrN3O2S3. The summed E-state index contributed by atoms with van der Waals surface area (Å²) in [5.41, 5.74) is 0.819. The lowest BCUT2D eigenvalue weighted by atomic mass is 10.3. The van der Waals surface area contributed by atoms with Crippen molar-refractivity contribution in [3.63, 3.8) is 0 Å². The van der Waals surface area contributed by atoms with Crippen molar-refractivity contribution in [2.75, 3.05) is 5.32 Å². The van der Waals surface area contributed by atoms with Gasteiger partial charge in [-0.05, 0) is 39.5 Å². The van der Waals surface area contributed by atoms with Crippen LogP contribution in [0.5, 0.6) is 0 Å². The first kappa shape index (κ1) is 17.3. The molecule has 0 aromatic carbocycles. The Morgan fingerprint density at radius 1 is 1.25 bits per heavy atom. The largest absolute Gasteiger partial charge is 0.351 e. The van der Waals surface area contributed by atoms with Crippen molar-refractivity contribution in [3.05, 3.63) is 43.2 Å². The van der Waals surface area contributed by atoms with Gasteiger partial charge in [0.25, 0.3) is 5.91 Å². The maximum absolute atomic E-state index is 12.2. The third kappa shape index (κ3) is 4.10. The van der Waals surface area contributed by atoms with Crippen LogP contribution in [0.25, 0.3) is 10.6 Å². The Labute approximate surface area is 158 Å². The van der Waals surface area contributed by atoms with Crippen LogP contribution in [0.4, 0.5) is 5.13 Å².